The Hall–Kier alpha value is -2.30. The Morgan fingerprint density at radius 1 is 0.944 bits per heavy atom. The molecule has 0 fully saturated rings. The summed E-state index contributed by atoms with van der Waals surface area (Å²) in [5.74, 6) is 0.0904. The summed E-state index contributed by atoms with van der Waals surface area (Å²) < 4.78 is 15.1. The van der Waals surface area contributed by atoms with Crippen LogP contribution in [0.2, 0.25) is 0 Å². The lowest BCUT2D eigenvalue weighted by Crippen LogP contribution is -2.19. The Morgan fingerprint density at radius 2 is 1.67 bits per heavy atom. The number of Topliss-reactive ketones (excluding diaryl/α,β-unsaturated/α-hetero) is 1. The number of ether oxygens (including phenoxy) is 3. The van der Waals surface area contributed by atoms with Gasteiger partial charge in [0.25, 0.3) is 0 Å². The summed E-state index contributed by atoms with van der Waals surface area (Å²) in [6.07, 6.45) is 1.17. The monoisotopic (exact) mass is 248 g/mol. The van der Waals surface area contributed by atoms with Crippen molar-refractivity contribution in [2.24, 2.45) is 0 Å². The largest absolute Gasteiger partial charge is 0.497 e. The van der Waals surface area contributed by atoms with Gasteiger partial charge in [0, 0.05) is 17.7 Å². The Balaban J connectivity index is 2.69. The highest BCUT2D eigenvalue weighted by atomic mass is 16.5. The minimum Gasteiger partial charge on any atom is -0.497 e. The van der Waals surface area contributed by atoms with Gasteiger partial charge in [-0.15, -0.1) is 0 Å². The quantitative estimate of drug-likeness (QED) is 0.813. The van der Waals surface area contributed by atoms with Crippen LogP contribution in [0.25, 0.3) is 0 Å². The maximum Gasteiger partial charge on any atom is 0.232 e. The van der Waals surface area contributed by atoms with Gasteiger partial charge in [0.05, 0.1) is 26.9 Å². The van der Waals surface area contributed by atoms with E-state index in [1.807, 2.05) is 0 Å². The number of rotatable bonds is 3. The van der Waals surface area contributed by atoms with Crippen LogP contribution in [0.3, 0.4) is 0 Å². The number of benzene rings is 1. The van der Waals surface area contributed by atoms with Crippen LogP contribution < -0.4 is 9.47 Å². The van der Waals surface area contributed by atoms with Gasteiger partial charge in [0.1, 0.15) is 11.5 Å². The first-order chi connectivity index (χ1) is 8.62. The van der Waals surface area contributed by atoms with Crippen LogP contribution in [-0.4, -0.2) is 32.9 Å². The van der Waals surface area contributed by atoms with Crippen LogP contribution in [0.4, 0.5) is 0 Å². The number of carbonyl (C=O) groups is 2. The Bertz CT molecular complexity index is 557. The van der Waals surface area contributed by atoms with Gasteiger partial charge in [-0.2, -0.15) is 0 Å². The number of carbonyl (C=O) groups excluding carboxylic acids is 2. The fraction of sp³-hybridized carbons (Fsp3) is 0.231. The fourth-order valence-electron chi connectivity index (χ4n) is 1.83. The molecule has 0 N–H and O–H groups in total. The van der Waals surface area contributed by atoms with E-state index in [1.54, 1.807) is 6.07 Å². The second kappa shape index (κ2) is 4.52. The van der Waals surface area contributed by atoms with E-state index in [2.05, 4.69) is 0 Å². The molecule has 0 aromatic heterocycles. The van der Waals surface area contributed by atoms with Crippen molar-refractivity contribution in [3.8, 4) is 11.5 Å². The van der Waals surface area contributed by atoms with Gasteiger partial charge in [-0.25, -0.2) is 0 Å². The van der Waals surface area contributed by atoms with Gasteiger partial charge in [-0.3, -0.25) is 9.59 Å². The number of methoxy groups -OCH3 is 3. The van der Waals surface area contributed by atoms with Gasteiger partial charge >= 0.3 is 0 Å². The number of hydrogen-bond acceptors (Lipinski definition) is 5. The van der Waals surface area contributed by atoms with E-state index in [9.17, 15) is 9.59 Å². The molecule has 1 aromatic rings. The zero-order valence-electron chi connectivity index (χ0n) is 10.3. The highest BCUT2D eigenvalue weighted by molar-refractivity contribution is 6.25. The lowest BCUT2D eigenvalue weighted by molar-refractivity contribution is 0.0913. The van der Waals surface area contributed by atoms with Crippen molar-refractivity contribution in [3.05, 3.63) is 35.1 Å². The smallest absolute Gasteiger partial charge is 0.232 e. The molecule has 0 spiro atoms. The standard InChI is InChI=1S/C13H12O5/c1-16-7-4-8-9(14)6-11(18-3)13(15)12(8)10(5-7)17-2/h4-6H,1-3H3. The fourth-order valence-corrected chi connectivity index (χ4v) is 1.83. The highest BCUT2D eigenvalue weighted by Crippen LogP contribution is 2.33. The third-order valence-electron chi connectivity index (χ3n) is 2.73. The normalized spacial score (nSPS) is 13.8. The SMILES string of the molecule is COC1=CC(=O)c2cc(OC)cc(OC)c2C1=O. The van der Waals surface area contributed by atoms with Gasteiger partial charge in [0.15, 0.2) is 11.5 Å². The first-order valence-electron chi connectivity index (χ1n) is 5.23. The molecule has 0 amide bonds. The molecule has 0 unspecified atom stereocenters. The average molecular weight is 248 g/mol. The summed E-state index contributed by atoms with van der Waals surface area (Å²) in [6.45, 7) is 0. The minimum atomic E-state index is -0.369. The van der Waals surface area contributed by atoms with Crippen LogP contribution >= 0.6 is 0 Å². The molecule has 0 bridgehead atoms. The van der Waals surface area contributed by atoms with Crippen molar-refractivity contribution in [2.45, 2.75) is 0 Å². The topological polar surface area (TPSA) is 61.8 Å². The molecule has 0 heterocycles. The predicted molar refractivity (Wildman–Crippen MR) is 63.3 cm³/mol. The molecule has 0 atom stereocenters. The summed E-state index contributed by atoms with van der Waals surface area (Å²) in [4.78, 5) is 24.0. The molecule has 5 nitrogen and oxygen atoms in total. The molecule has 1 aliphatic rings. The second-order valence-corrected chi connectivity index (χ2v) is 3.66. The lowest BCUT2D eigenvalue weighted by atomic mass is 9.92. The maximum atomic E-state index is 12.1. The maximum absolute atomic E-state index is 12.1. The lowest BCUT2D eigenvalue weighted by Gasteiger charge is -2.17. The average Bonchev–Trinajstić information content (AvgIpc) is 2.41. The number of ketones is 2. The Labute approximate surface area is 104 Å². The summed E-state index contributed by atoms with van der Waals surface area (Å²) in [6, 6.07) is 3.07. The summed E-state index contributed by atoms with van der Waals surface area (Å²) in [5.41, 5.74) is 0.472. The molecule has 0 aliphatic heterocycles. The van der Waals surface area contributed by atoms with E-state index in [4.69, 9.17) is 14.2 Å². The molecular formula is C13H12O5. The van der Waals surface area contributed by atoms with E-state index in [-0.39, 0.29) is 28.5 Å². The van der Waals surface area contributed by atoms with Crippen molar-refractivity contribution in [1.82, 2.24) is 0 Å². The van der Waals surface area contributed by atoms with E-state index in [0.717, 1.165) is 0 Å². The molecular weight excluding hydrogens is 236 g/mol. The Morgan fingerprint density at radius 3 is 2.22 bits per heavy atom. The van der Waals surface area contributed by atoms with E-state index in [1.165, 1.54) is 33.5 Å². The van der Waals surface area contributed by atoms with Crippen molar-refractivity contribution < 1.29 is 23.8 Å². The minimum absolute atomic E-state index is 0.0102. The van der Waals surface area contributed by atoms with E-state index < -0.39 is 0 Å². The van der Waals surface area contributed by atoms with Crippen molar-refractivity contribution in [2.75, 3.05) is 21.3 Å². The van der Waals surface area contributed by atoms with E-state index >= 15 is 0 Å². The molecule has 1 aliphatic carbocycles. The van der Waals surface area contributed by atoms with E-state index in [0.29, 0.717) is 11.5 Å². The number of fused-ring (bicyclic) bond motifs is 1. The first-order valence-corrected chi connectivity index (χ1v) is 5.23. The molecule has 18 heavy (non-hydrogen) atoms. The van der Waals surface area contributed by atoms with Crippen molar-refractivity contribution in [1.29, 1.82) is 0 Å². The van der Waals surface area contributed by atoms with Crippen LogP contribution in [0.1, 0.15) is 20.7 Å². The second-order valence-electron chi connectivity index (χ2n) is 3.66. The highest BCUT2D eigenvalue weighted by Gasteiger charge is 2.30. The van der Waals surface area contributed by atoms with Gasteiger partial charge in [-0.05, 0) is 6.07 Å². The van der Waals surface area contributed by atoms with Crippen LogP contribution in [-0.2, 0) is 4.74 Å². The molecule has 0 saturated heterocycles. The van der Waals surface area contributed by atoms with Gasteiger partial charge < -0.3 is 14.2 Å². The van der Waals surface area contributed by atoms with Crippen LogP contribution in [0.15, 0.2) is 24.0 Å². The molecule has 5 heteroatoms. The van der Waals surface area contributed by atoms with Crippen molar-refractivity contribution in [3.63, 3.8) is 0 Å². The third kappa shape index (κ3) is 1.73. The van der Waals surface area contributed by atoms with Gasteiger partial charge in [-0.1, -0.05) is 0 Å². The molecule has 94 valence electrons. The van der Waals surface area contributed by atoms with Crippen molar-refractivity contribution >= 4 is 11.6 Å². The number of allylic oxidation sites excluding steroid dienone is 2. The van der Waals surface area contributed by atoms with Crippen LogP contribution in [0.5, 0.6) is 11.5 Å². The number of hydrogen-bond donors (Lipinski definition) is 0. The first kappa shape index (κ1) is 12.2. The molecule has 1 aromatic carbocycles. The van der Waals surface area contributed by atoms with Gasteiger partial charge in [0.2, 0.25) is 5.78 Å². The Kier molecular flexibility index (Phi) is 3.06. The zero-order valence-corrected chi connectivity index (χ0v) is 10.3. The molecule has 0 saturated carbocycles. The molecule has 2 rings (SSSR count). The summed E-state index contributed by atoms with van der Waals surface area (Å²) in [5, 5.41) is 0. The molecule has 0 radical (unpaired) electrons. The zero-order chi connectivity index (χ0) is 13.3. The third-order valence-corrected chi connectivity index (χ3v) is 2.73. The van der Waals surface area contributed by atoms with Crippen LogP contribution in [0, 0.1) is 0 Å². The predicted octanol–water partition coefficient (Wildman–Crippen LogP) is 1.61. The summed E-state index contributed by atoms with van der Waals surface area (Å²) in [7, 11) is 4.25. The summed E-state index contributed by atoms with van der Waals surface area (Å²) >= 11 is 0.